The zero-order valence-corrected chi connectivity index (χ0v) is 11.5. The van der Waals surface area contributed by atoms with Crippen molar-refractivity contribution in [1.29, 1.82) is 0 Å². The van der Waals surface area contributed by atoms with Crippen LogP contribution in [0.3, 0.4) is 0 Å². The summed E-state index contributed by atoms with van der Waals surface area (Å²) in [6.45, 7) is 1.19. The van der Waals surface area contributed by atoms with Gasteiger partial charge in [0.2, 0.25) is 0 Å². The first-order chi connectivity index (χ1) is 9.93. The van der Waals surface area contributed by atoms with Gasteiger partial charge in [-0.3, -0.25) is 0 Å². The number of aromatic carboxylic acids is 2. The number of amides is 2. The van der Waals surface area contributed by atoms with Crippen LogP contribution >= 0.6 is 0 Å². The van der Waals surface area contributed by atoms with Crippen molar-refractivity contribution >= 4 is 23.7 Å². The molecule has 0 saturated heterocycles. The van der Waals surface area contributed by atoms with Gasteiger partial charge in [0.1, 0.15) is 0 Å². The van der Waals surface area contributed by atoms with Gasteiger partial charge in [-0.15, -0.1) is 0 Å². The van der Waals surface area contributed by atoms with E-state index < -0.39 is 18.0 Å². The molecule has 0 aliphatic rings. The minimum absolute atomic E-state index is 0.110. The Morgan fingerprint density at radius 1 is 1.00 bits per heavy atom. The van der Waals surface area contributed by atoms with Crippen LogP contribution in [0.1, 0.15) is 27.1 Å². The van der Waals surface area contributed by atoms with E-state index in [4.69, 9.17) is 10.2 Å². The Bertz CT molecular complexity index is 512. The van der Waals surface area contributed by atoms with Crippen molar-refractivity contribution in [1.82, 2.24) is 10.6 Å². The molecule has 1 aromatic rings. The van der Waals surface area contributed by atoms with Crippen molar-refractivity contribution in [2.24, 2.45) is 0 Å². The number of rotatable bonds is 7. The average Bonchev–Trinajstić information content (AvgIpc) is 2.43. The second-order valence-corrected chi connectivity index (χ2v) is 4.25. The van der Waals surface area contributed by atoms with Gasteiger partial charge < -0.3 is 26.2 Å². The van der Waals surface area contributed by atoms with E-state index in [1.807, 2.05) is 0 Å². The molecule has 0 unspecified atom stereocenters. The lowest BCUT2D eigenvalue weighted by atomic mass is 10.1. The molecule has 0 radical (unpaired) electrons. The van der Waals surface area contributed by atoms with Crippen LogP contribution in [0, 0.1) is 0 Å². The Balaban J connectivity index is 2.75. The molecule has 0 aromatic heterocycles. The summed E-state index contributed by atoms with van der Waals surface area (Å²) in [5.74, 6) is -2.54. The molecule has 0 atom stereocenters. The van der Waals surface area contributed by atoms with E-state index in [-0.39, 0.29) is 16.8 Å². The number of hydrogen-bond acceptors (Lipinski definition) is 4. The number of anilines is 1. The summed E-state index contributed by atoms with van der Waals surface area (Å²) in [7, 11) is 1.80. The predicted octanol–water partition coefficient (Wildman–Crippen LogP) is 0.814. The maximum atomic E-state index is 11.6. The SMILES string of the molecule is CNCCCNC(=O)Nc1cc(C(=O)O)cc(C(=O)O)c1. The third-order valence-electron chi connectivity index (χ3n) is 2.57. The monoisotopic (exact) mass is 295 g/mol. The van der Waals surface area contributed by atoms with Crippen LogP contribution in [0.5, 0.6) is 0 Å². The third kappa shape index (κ3) is 5.49. The van der Waals surface area contributed by atoms with Gasteiger partial charge in [0.05, 0.1) is 11.1 Å². The lowest BCUT2D eigenvalue weighted by Gasteiger charge is -2.09. The quantitative estimate of drug-likeness (QED) is 0.474. The fourth-order valence-electron chi connectivity index (χ4n) is 1.59. The van der Waals surface area contributed by atoms with Crippen molar-refractivity contribution in [3.05, 3.63) is 29.3 Å². The Hall–Kier alpha value is -2.61. The zero-order valence-electron chi connectivity index (χ0n) is 11.5. The molecule has 1 rings (SSSR count). The molecule has 8 nitrogen and oxygen atoms in total. The number of benzene rings is 1. The summed E-state index contributed by atoms with van der Waals surface area (Å²) in [5, 5.41) is 25.8. The molecule has 0 aliphatic carbocycles. The van der Waals surface area contributed by atoms with Crippen molar-refractivity contribution < 1.29 is 24.6 Å². The number of carbonyl (C=O) groups excluding carboxylic acids is 1. The predicted molar refractivity (Wildman–Crippen MR) is 75.9 cm³/mol. The van der Waals surface area contributed by atoms with Gasteiger partial charge in [-0.25, -0.2) is 14.4 Å². The van der Waals surface area contributed by atoms with Crippen molar-refractivity contribution in [3.63, 3.8) is 0 Å². The first-order valence-corrected chi connectivity index (χ1v) is 6.25. The highest BCUT2D eigenvalue weighted by Gasteiger charge is 2.12. The number of carboxylic acid groups (broad SMARTS) is 2. The number of urea groups is 1. The summed E-state index contributed by atoms with van der Waals surface area (Å²) in [6, 6.07) is 2.90. The zero-order chi connectivity index (χ0) is 15.8. The fraction of sp³-hybridized carbons (Fsp3) is 0.308. The number of nitrogens with one attached hydrogen (secondary N) is 3. The summed E-state index contributed by atoms with van der Waals surface area (Å²) < 4.78 is 0. The first-order valence-electron chi connectivity index (χ1n) is 6.25. The molecule has 2 amide bonds. The minimum atomic E-state index is -1.27. The van der Waals surface area contributed by atoms with E-state index in [0.29, 0.717) is 6.54 Å². The highest BCUT2D eigenvalue weighted by molar-refractivity contribution is 5.98. The molecule has 0 bridgehead atoms. The van der Waals surface area contributed by atoms with Gasteiger partial charge in [0.25, 0.3) is 0 Å². The van der Waals surface area contributed by atoms with Crippen LogP contribution in [0.25, 0.3) is 0 Å². The number of hydrogen-bond donors (Lipinski definition) is 5. The molecule has 1 aromatic carbocycles. The normalized spacial score (nSPS) is 9.95. The summed E-state index contributed by atoms with van der Waals surface area (Å²) in [4.78, 5) is 33.5. The van der Waals surface area contributed by atoms with Crippen LogP contribution in [-0.4, -0.2) is 48.3 Å². The lowest BCUT2D eigenvalue weighted by Crippen LogP contribution is -2.31. The highest BCUT2D eigenvalue weighted by Crippen LogP contribution is 2.15. The maximum Gasteiger partial charge on any atom is 0.335 e. The Labute approximate surface area is 121 Å². The van der Waals surface area contributed by atoms with Crippen molar-refractivity contribution in [2.75, 3.05) is 25.5 Å². The number of carbonyl (C=O) groups is 3. The number of carboxylic acids is 2. The van der Waals surface area contributed by atoms with Gasteiger partial charge in [0.15, 0.2) is 0 Å². The molecule has 114 valence electrons. The van der Waals surface area contributed by atoms with Gasteiger partial charge >= 0.3 is 18.0 Å². The second kappa shape index (κ2) is 7.85. The Kier molecular flexibility index (Phi) is 6.15. The van der Waals surface area contributed by atoms with Crippen molar-refractivity contribution in [3.8, 4) is 0 Å². The molecule has 0 fully saturated rings. The second-order valence-electron chi connectivity index (χ2n) is 4.25. The van der Waals surface area contributed by atoms with E-state index >= 15 is 0 Å². The first kappa shape index (κ1) is 16.4. The van der Waals surface area contributed by atoms with Gasteiger partial charge in [-0.2, -0.15) is 0 Å². The van der Waals surface area contributed by atoms with E-state index in [9.17, 15) is 14.4 Å². The molecule has 0 spiro atoms. The van der Waals surface area contributed by atoms with Crippen LogP contribution in [-0.2, 0) is 0 Å². The van der Waals surface area contributed by atoms with E-state index in [2.05, 4.69) is 16.0 Å². The van der Waals surface area contributed by atoms with Gasteiger partial charge in [-0.1, -0.05) is 0 Å². The fourth-order valence-corrected chi connectivity index (χ4v) is 1.59. The Morgan fingerprint density at radius 2 is 1.57 bits per heavy atom. The smallest absolute Gasteiger partial charge is 0.335 e. The molecule has 21 heavy (non-hydrogen) atoms. The van der Waals surface area contributed by atoms with Crippen LogP contribution < -0.4 is 16.0 Å². The summed E-state index contributed by atoms with van der Waals surface area (Å²) in [5.41, 5.74) is -0.306. The van der Waals surface area contributed by atoms with Gasteiger partial charge in [0, 0.05) is 12.2 Å². The van der Waals surface area contributed by atoms with Crippen molar-refractivity contribution in [2.45, 2.75) is 6.42 Å². The molecular formula is C13H17N3O5. The standard InChI is InChI=1S/C13H17N3O5/c1-14-3-2-4-15-13(21)16-10-6-8(11(17)18)5-9(7-10)12(19)20/h5-7,14H,2-4H2,1H3,(H,17,18)(H,19,20)(H2,15,16,21). The van der Waals surface area contributed by atoms with Crippen LogP contribution in [0.15, 0.2) is 18.2 Å². The van der Waals surface area contributed by atoms with E-state index in [1.165, 1.54) is 12.1 Å². The summed E-state index contributed by atoms with van der Waals surface area (Å²) >= 11 is 0. The molecule has 8 heteroatoms. The van der Waals surface area contributed by atoms with Crippen LogP contribution in [0.2, 0.25) is 0 Å². The van der Waals surface area contributed by atoms with E-state index in [1.54, 1.807) is 7.05 Å². The average molecular weight is 295 g/mol. The minimum Gasteiger partial charge on any atom is -0.478 e. The third-order valence-corrected chi connectivity index (χ3v) is 2.57. The molecule has 5 N–H and O–H groups in total. The van der Waals surface area contributed by atoms with Gasteiger partial charge in [-0.05, 0) is 38.2 Å². The molecule has 0 heterocycles. The lowest BCUT2D eigenvalue weighted by molar-refractivity contribution is 0.0696. The maximum absolute atomic E-state index is 11.6. The Morgan fingerprint density at radius 3 is 2.05 bits per heavy atom. The molecular weight excluding hydrogens is 278 g/mol. The molecule has 0 saturated carbocycles. The molecule has 0 aliphatic heterocycles. The largest absolute Gasteiger partial charge is 0.478 e. The summed E-state index contributed by atoms with van der Waals surface area (Å²) in [6.07, 6.45) is 0.736. The highest BCUT2D eigenvalue weighted by atomic mass is 16.4. The topological polar surface area (TPSA) is 128 Å². The van der Waals surface area contributed by atoms with E-state index in [0.717, 1.165) is 19.0 Å². The van der Waals surface area contributed by atoms with Crippen LogP contribution in [0.4, 0.5) is 10.5 Å².